The molecule has 1 aromatic carbocycles. The normalized spacial score (nSPS) is 14.3. The summed E-state index contributed by atoms with van der Waals surface area (Å²) in [5, 5.41) is 0. The predicted octanol–water partition coefficient (Wildman–Crippen LogP) is 2.73. The van der Waals surface area contributed by atoms with E-state index >= 15 is 0 Å². The molecule has 1 unspecified atom stereocenters. The van der Waals surface area contributed by atoms with Crippen LogP contribution in [0.5, 0.6) is 0 Å². The summed E-state index contributed by atoms with van der Waals surface area (Å²) in [7, 11) is -2.63. The van der Waals surface area contributed by atoms with Crippen LogP contribution in [0.4, 0.5) is 0 Å². The third kappa shape index (κ3) is 3.09. The highest BCUT2D eigenvalue weighted by Crippen LogP contribution is 2.17. The Kier molecular flexibility index (Phi) is 3.52. The molecule has 4 heteroatoms. The fraction of sp³-hybridized carbons (Fsp3) is 0.273. The number of hydrogen-bond donors (Lipinski definition) is 1. The Labute approximate surface area is 90.7 Å². The summed E-state index contributed by atoms with van der Waals surface area (Å²) in [4.78, 5) is 0.524. The van der Waals surface area contributed by atoms with Crippen molar-refractivity contribution in [3.05, 3.63) is 36.4 Å². The molecule has 0 aliphatic carbocycles. The van der Waals surface area contributed by atoms with Crippen molar-refractivity contribution in [2.75, 3.05) is 12.9 Å². The Morgan fingerprint density at radius 2 is 2.00 bits per heavy atom. The van der Waals surface area contributed by atoms with Crippen LogP contribution in [-0.2, 0) is 14.5 Å². The second-order valence-corrected chi connectivity index (χ2v) is 5.38. The maximum Gasteiger partial charge on any atom is 0.119 e. The van der Waals surface area contributed by atoms with E-state index in [0.29, 0.717) is 17.3 Å². The molecule has 0 heterocycles. The maximum atomic E-state index is 11.4. The molecule has 15 heavy (non-hydrogen) atoms. The zero-order valence-electron chi connectivity index (χ0n) is 8.95. The molecule has 82 valence electrons. The lowest BCUT2D eigenvalue weighted by molar-refractivity contribution is 0.299. The van der Waals surface area contributed by atoms with Gasteiger partial charge in [-0.05, 0) is 19.1 Å². The number of benzene rings is 1. The molecule has 0 saturated heterocycles. The van der Waals surface area contributed by atoms with Crippen molar-refractivity contribution < 1.29 is 8.95 Å². The topological polar surface area (TPSA) is 50.1 Å². The molecule has 0 saturated carbocycles. The van der Waals surface area contributed by atoms with Gasteiger partial charge in [0.1, 0.15) is 5.76 Å². The zero-order chi connectivity index (χ0) is 11.5. The van der Waals surface area contributed by atoms with E-state index in [-0.39, 0.29) is 0 Å². The third-order valence-electron chi connectivity index (χ3n) is 1.94. The van der Waals surface area contributed by atoms with Gasteiger partial charge in [0.15, 0.2) is 0 Å². The Hall–Kier alpha value is -1.29. The van der Waals surface area contributed by atoms with Crippen LogP contribution < -0.4 is 0 Å². The van der Waals surface area contributed by atoms with Crippen molar-refractivity contribution in [3.8, 4) is 0 Å². The number of rotatable bonds is 4. The minimum absolute atomic E-state index is 0.524. The van der Waals surface area contributed by atoms with Gasteiger partial charge in [0.05, 0.1) is 16.3 Å². The van der Waals surface area contributed by atoms with Gasteiger partial charge in [0.2, 0.25) is 0 Å². The molecule has 0 aliphatic rings. The first kappa shape index (κ1) is 11.8. The lowest BCUT2D eigenvalue weighted by Crippen LogP contribution is -1.95. The van der Waals surface area contributed by atoms with Crippen molar-refractivity contribution in [1.82, 2.24) is 0 Å². The smallest absolute Gasteiger partial charge is 0.119 e. The van der Waals surface area contributed by atoms with Crippen LogP contribution in [0, 0.1) is 4.78 Å². The molecule has 1 N–H and O–H groups in total. The second kappa shape index (κ2) is 4.49. The Bertz CT molecular complexity index is 446. The monoisotopic (exact) mass is 225 g/mol. The summed E-state index contributed by atoms with van der Waals surface area (Å²) in [6.07, 6.45) is 1.40. The highest BCUT2D eigenvalue weighted by Gasteiger charge is 2.04. The van der Waals surface area contributed by atoms with E-state index in [4.69, 9.17) is 9.52 Å². The standard InChI is InChI=1S/C11H15NO2S/c1-4-14-9(2)10-5-7-11(8-6-10)15(3,12)13/h5-8,12H,2,4H2,1,3H3. The molecule has 0 radical (unpaired) electrons. The minimum Gasteiger partial charge on any atom is -0.494 e. The van der Waals surface area contributed by atoms with E-state index in [9.17, 15) is 4.21 Å². The Morgan fingerprint density at radius 1 is 1.47 bits per heavy atom. The summed E-state index contributed by atoms with van der Waals surface area (Å²) in [6.45, 7) is 6.23. The Balaban J connectivity index is 2.96. The van der Waals surface area contributed by atoms with Gasteiger partial charge in [-0.3, -0.25) is 0 Å². The van der Waals surface area contributed by atoms with Crippen molar-refractivity contribution in [2.45, 2.75) is 11.8 Å². The average Bonchev–Trinajstić information content (AvgIpc) is 2.17. The highest BCUT2D eigenvalue weighted by atomic mass is 32.2. The van der Waals surface area contributed by atoms with Crippen LogP contribution >= 0.6 is 0 Å². The van der Waals surface area contributed by atoms with Gasteiger partial charge < -0.3 is 4.74 Å². The van der Waals surface area contributed by atoms with Crippen molar-refractivity contribution >= 4 is 15.5 Å². The third-order valence-corrected chi connectivity index (χ3v) is 3.12. The number of ether oxygens (including phenoxy) is 1. The Morgan fingerprint density at radius 3 is 2.40 bits per heavy atom. The van der Waals surface area contributed by atoms with Crippen molar-refractivity contribution in [2.24, 2.45) is 0 Å². The molecule has 1 aromatic rings. The second-order valence-electron chi connectivity index (χ2n) is 3.22. The largest absolute Gasteiger partial charge is 0.494 e. The zero-order valence-corrected chi connectivity index (χ0v) is 9.76. The van der Waals surface area contributed by atoms with Crippen molar-refractivity contribution in [3.63, 3.8) is 0 Å². The van der Waals surface area contributed by atoms with E-state index in [1.54, 1.807) is 24.3 Å². The van der Waals surface area contributed by atoms with Crippen LogP contribution in [0.2, 0.25) is 0 Å². The molecule has 0 fully saturated rings. The van der Waals surface area contributed by atoms with Gasteiger partial charge in [-0.25, -0.2) is 8.99 Å². The molecule has 0 bridgehead atoms. The summed E-state index contributed by atoms with van der Waals surface area (Å²) in [5.41, 5.74) is 0.851. The fourth-order valence-corrected chi connectivity index (χ4v) is 1.81. The fourth-order valence-electron chi connectivity index (χ4n) is 1.16. The van der Waals surface area contributed by atoms with E-state index in [1.807, 2.05) is 6.92 Å². The predicted molar refractivity (Wildman–Crippen MR) is 62.2 cm³/mol. The molecule has 1 atom stereocenters. The van der Waals surface area contributed by atoms with Crippen LogP contribution in [-0.4, -0.2) is 17.1 Å². The van der Waals surface area contributed by atoms with Gasteiger partial charge in [0, 0.05) is 16.7 Å². The average molecular weight is 225 g/mol. The lowest BCUT2D eigenvalue weighted by Gasteiger charge is -2.07. The maximum absolute atomic E-state index is 11.4. The van der Waals surface area contributed by atoms with Gasteiger partial charge in [0.25, 0.3) is 0 Å². The number of nitrogens with one attached hydrogen (secondary N) is 1. The SMILES string of the molecule is C=C(OCC)c1ccc(S(C)(=N)=O)cc1. The highest BCUT2D eigenvalue weighted by molar-refractivity contribution is 7.91. The first-order chi connectivity index (χ1) is 6.95. The summed E-state index contributed by atoms with van der Waals surface area (Å²) in [6, 6.07) is 6.89. The van der Waals surface area contributed by atoms with E-state index < -0.39 is 9.73 Å². The number of hydrogen-bond acceptors (Lipinski definition) is 3. The van der Waals surface area contributed by atoms with Gasteiger partial charge in [-0.1, -0.05) is 18.7 Å². The summed E-state index contributed by atoms with van der Waals surface area (Å²) < 4.78 is 24.1. The van der Waals surface area contributed by atoms with E-state index in [2.05, 4.69) is 6.58 Å². The van der Waals surface area contributed by atoms with E-state index in [0.717, 1.165) is 5.56 Å². The molecule has 0 spiro atoms. The first-order valence-electron chi connectivity index (χ1n) is 4.61. The van der Waals surface area contributed by atoms with E-state index in [1.165, 1.54) is 6.26 Å². The van der Waals surface area contributed by atoms with Crippen LogP contribution in [0.3, 0.4) is 0 Å². The summed E-state index contributed by atoms with van der Waals surface area (Å²) in [5.74, 6) is 0.594. The molecule has 0 aliphatic heterocycles. The molecule has 1 rings (SSSR count). The van der Waals surface area contributed by atoms with Crippen LogP contribution in [0.1, 0.15) is 12.5 Å². The van der Waals surface area contributed by atoms with Crippen LogP contribution in [0.15, 0.2) is 35.7 Å². The quantitative estimate of drug-likeness (QED) is 0.801. The summed E-state index contributed by atoms with van der Waals surface area (Å²) >= 11 is 0. The van der Waals surface area contributed by atoms with Gasteiger partial charge in [-0.2, -0.15) is 0 Å². The minimum atomic E-state index is -2.63. The van der Waals surface area contributed by atoms with Crippen LogP contribution in [0.25, 0.3) is 5.76 Å². The molecule has 0 aromatic heterocycles. The molecule has 0 amide bonds. The van der Waals surface area contributed by atoms with Crippen molar-refractivity contribution in [1.29, 1.82) is 4.78 Å². The molecular weight excluding hydrogens is 210 g/mol. The molecular formula is C11H15NO2S. The lowest BCUT2D eigenvalue weighted by atomic mass is 10.2. The molecule has 3 nitrogen and oxygen atoms in total. The van der Waals surface area contributed by atoms with Gasteiger partial charge >= 0.3 is 0 Å². The first-order valence-corrected chi connectivity index (χ1v) is 6.57. The van der Waals surface area contributed by atoms with Gasteiger partial charge in [-0.15, -0.1) is 0 Å².